The van der Waals surface area contributed by atoms with Crippen LogP contribution in [0.3, 0.4) is 0 Å². The quantitative estimate of drug-likeness (QED) is 0.779. The Bertz CT molecular complexity index is 595. The van der Waals surface area contributed by atoms with E-state index in [2.05, 4.69) is 17.1 Å². The van der Waals surface area contributed by atoms with Crippen molar-refractivity contribution in [2.45, 2.75) is 77.5 Å². The number of carbonyl (C=O) groups is 1. The highest BCUT2D eigenvalue weighted by Gasteiger charge is 2.54. The number of hydrogen-bond donors (Lipinski definition) is 3. The average Bonchev–Trinajstić information content (AvgIpc) is 2.98. The Hall–Kier alpha value is -1.40. The molecule has 1 aromatic rings. The molecule has 1 saturated carbocycles. The molecule has 0 unspecified atom stereocenters. The molecule has 1 aromatic heterocycles. The number of aryl methyl sites for hydroxylation is 2. The molecular weight excluding hydrogens is 304 g/mol. The molecule has 0 radical (unpaired) electrons. The van der Waals surface area contributed by atoms with Gasteiger partial charge in [0.15, 0.2) is 0 Å². The molecule has 0 aromatic carbocycles. The van der Waals surface area contributed by atoms with Gasteiger partial charge in [0, 0.05) is 35.3 Å². The summed E-state index contributed by atoms with van der Waals surface area (Å²) in [7, 11) is 0. The van der Waals surface area contributed by atoms with E-state index < -0.39 is 0 Å². The first-order chi connectivity index (χ1) is 11.4. The van der Waals surface area contributed by atoms with Gasteiger partial charge in [0.1, 0.15) is 0 Å². The summed E-state index contributed by atoms with van der Waals surface area (Å²) in [5.74, 6) is 0.112. The van der Waals surface area contributed by atoms with Crippen LogP contribution >= 0.6 is 0 Å². The van der Waals surface area contributed by atoms with Crippen molar-refractivity contribution in [3.8, 4) is 0 Å². The summed E-state index contributed by atoms with van der Waals surface area (Å²) in [6.07, 6.45) is 4.67. The van der Waals surface area contributed by atoms with Gasteiger partial charge < -0.3 is 15.7 Å². The molecular formula is C18H30N4O2. The average molecular weight is 334 g/mol. The minimum Gasteiger partial charge on any atom is -0.392 e. The second kappa shape index (κ2) is 6.48. The number of nitrogens with one attached hydrogen (secondary N) is 1. The van der Waals surface area contributed by atoms with Crippen molar-refractivity contribution in [2.75, 3.05) is 6.54 Å². The molecule has 6 nitrogen and oxygen atoms in total. The van der Waals surface area contributed by atoms with E-state index in [0.717, 1.165) is 49.1 Å². The smallest absolute Gasteiger partial charge is 0.227 e. The van der Waals surface area contributed by atoms with Gasteiger partial charge in [-0.1, -0.05) is 19.8 Å². The van der Waals surface area contributed by atoms with Crippen LogP contribution in [0.5, 0.6) is 0 Å². The van der Waals surface area contributed by atoms with Crippen LogP contribution in [0, 0.1) is 19.3 Å². The normalized spacial score (nSPS) is 33.4. The lowest BCUT2D eigenvalue weighted by Gasteiger charge is -2.37. The molecule has 1 saturated heterocycles. The van der Waals surface area contributed by atoms with Crippen LogP contribution in [0.1, 0.15) is 56.0 Å². The molecule has 6 heteroatoms. The number of H-pyrrole nitrogens is 1. The maximum Gasteiger partial charge on any atom is 0.227 e. The molecule has 0 spiro atoms. The van der Waals surface area contributed by atoms with Crippen LogP contribution in [0.25, 0.3) is 0 Å². The van der Waals surface area contributed by atoms with Crippen molar-refractivity contribution in [3.05, 3.63) is 17.0 Å². The summed E-state index contributed by atoms with van der Waals surface area (Å²) in [4.78, 5) is 15.1. The SMILES string of the molecule is Cc1n[nH]c(C)c1CC(=O)N1[C@@H](CN)C[C@@]2(C)[C@H](O)CCCC[C@@H]12. The number of aromatic nitrogens is 2. The third-order valence-corrected chi connectivity index (χ3v) is 6.30. The molecule has 24 heavy (non-hydrogen) atoms. The van der Waals surface area contributed by atoms with Gasteiger partial charge in [0.2, 0.25) is 5.91 Å². The highest BCUT2D eigenvalue weighted by Crippen LogP contribution is 2.48. The van der Waals surface area contributed by atoms with Gasteiger partial charge in [-0.15, -0.1) is 0 Å². The molecule has 1 amide bonds. The first kappa shape index (κ1) is 17.4. The van der Waals surface area contributed by atoms with Crippen molar-refractivity contribution in [2.24, 2.45) is 11.1 Å². The monoisotopic (exact) mass is 334 g/mol. The van der Waals surface area contributed by atoms with Crippen LogP contribution < -0.4 is 5.73 Å². The van der Waals surface area contributed by atoms with Crippen LogP contribution in [0.15, 0.2) is 0 Å². The Morgan fingerprint density at radius 2 is 2.12 bits per heavy atom. The number of fused-ring (bicyclic) bond motifs is 1. The summed E-state index contributed by atoms with van der Waals surface area (Å²) < 4.78 is 0. The van der Waals surface area contributed by atoms with Gasteiger partial charge in [0.05, 0.1) is 18.2 Å². The number of rotatable bonds is 3. The third-order valence-electron chi connectivity index (χ3n) is 6.30. The van der Waals surface area contributed by atoms with Crippen molar-refractivity contribution in [3.63, 3.8) is 0 Å². The lowest BCUT2D eigenvalue weighted by Crippen LogP contribution is -2.49. The maximum atomic E-state index is 13.1. The topological polar surface area (TPSA) is 95.2 Å². The molecule has 2 fully saturated rings. The second-order valence-electron chi connectivity index (χ2n) is 7.81. The van der Waals surface area contributed by atoms with Crippen molar-refractivity contribution in [1.29, 1.82) is 0 Å². The number of nitrogens with zero attached hydrogens (tertiary/aromatic N) is 2. The van der Waals surface area contributed by atoms with E-state index in [1.807, 2.05) is 18.7 Å². The van der Waals surface area contributed by atoms with Crippen molar-refractivity contribution in [1.82, 2.24) is 15.1 Å². The van der Waals surface area contributed by atoms with Crippen LogP contribution in [0.2, 0.25) is 0 Å². The number of nitrogens with two attached hydrogens (primary N) is 1. The summed E-state index contributed by atoms with van der Waals surface area (Å²) in [5, 5.41) is 17.8. The molecule has 2 aliphatic rings. The van der Waals surface area contributed by atoms with E-state index in [0.29, 0.717) is 13.0 Å². The zero-order valence-electron chi connectivity index (χ0n) is 15.0. The van der Waals surface area contributed by atoms with E-state index in [1.54, 1.807) is 0 Å². The standard InChI is InChI=1S/C18H30N4O2/c1-11-14(12(2)21-20-11)8-17(24)22-13(10-19)9-18(3)15(22)6-4-5-7-16(18)23/h13,15-16,23H,4-10,19H2,1-3H3,(H,20,21)/t13-,15-,16-,18-/m1/s1. The number of likely N-dealkylation sites (tertiary alicyclic amines) is 1. The fourth-order valence-electron chi connectivity index (χ4n) is 4.80. The summed E-state index contributed by atoms with van der Waals surface area (Å²) >= 11 is 0. The van der Waals surface area contributed by atoms with E-state index in [1.165, 1.54) is 0 Å². The van der Waals surface area contributed by atoms with Gasteiger partial charge in [-0.2, -0.15) is 5.10 Å². The molecule has 1 aliphatic heterocycles. The largest absolute Gasteiger partial charge is 0.392 e. The number of aromatic amines is 1. The molecule has 2 heterocycles. The van der Waals surface area contributed by atoms with Gasteiger partial charge in [-0.25, -0.2) is 0 Å². The van der Waals surface area contributed by atoms with E-state index in [-0.39, 0.29) is 29.5 Å². The van der Waals surface area contributed by atoms with Gasteiger partial charge in [-0.3, -0.25) is 9.89 Å². The Labute approximate surface area is 143 Å². The van der Waals surface area contributed by atoms with Gasteiger partial charge in [-0.05, 0) is 33.1 Å². The molecule has 4 atom stereocenters. The van der Waals surface area contributed by atoms with Crippen molar-refractivity contribution >= 4 is 5.91 Å². The molecule has 4 N–H and O–H groups in total. The minimum atomic E-state index is -0.353. The Morgan fingerprint density at radius 3 is 2.75 bits per heavy atom. The Balaban J connectivity index is 1.88. The molecule has 0 bridgehead atoms. The third kappa shape index (κ3) is 2.75. The molecule has 3 rings (SSSR count). The minimum absolute atomic E-state index is 0.0211. The number of hydrogen-bond acceptors (Lipinski definition) is 4. The highest BCUT2D eigenvalue weighted by atomic mass is 16.3. The van der Waals surface area contributed by atoms with Crippen molar-refractivity contribution < 1.29 is 9.90 Å². The first-order valence-corrected chi connectivity index (χ1v) is 9.08. The lowest BCUT2D eigenvalue weighted by molar-refractivity contribution is -0.134. The van der Waals surface area contributed by atoms with E-state index in [4.69, 9.17) is 5.73 Å². The van der Waals surface area contributed by atoms with Crippen LogP contribution in [0.4, 0.5) is 0 Å². The highest BCUT2D eigenvalue weighted by molar-refractivity contribution is 5.80. The van der Waals surface area contributed by atoms with Crippen LogP contribution in [-0.2, 0) is 11.2 Å². The first-order valence-electron chi connectivity index (χ1n) is 9.08. The lowest BCUT2D eigenvalue weighted by atomic mass is 9.75. The fourth-order valence-corrected chi connectivity index (χ4v) is 4.80. The summed E-state index contributed by atoms with van der Waals surface area (Å²) in [5.41, 5.74) is 8.58. The Morgan fingerprint density at radius 1 is 1.42 bits per heavy atom. The van der Waals surface area contributed by atoms with Gasteiger partial charge >= 0.3 is 0 Å². The number of carbonyl (C=O) groups excluding carboxylic acids is 1. The second-order valence-corrected chi connectivity index (χ2v) is 7.81. The number of aliphatic hydroxyl groups excluding tert-OH is 1. The summed E-state index contributed by atoms with van der Waals surface area (Å²) in [6.45, 7) is 6.47. The molecule has 134 valence electrons. The summed E-state index contributed by atoms with van der Waals surface area (Å²) in [6, 6.07) is 0.108. The zero-order valence-corrected chi connectivity index (χ0v) is 15.0. The number of amides is 1. The van der Waals surface area contributed by atoms with Crippen LogP contribution in [-0.4, -0.2) is 50.8 Å². The van der Waals surface area contributed by atoms with Gasteiger partial charge in [0.25, 0.3) is 0 Å². The predicted octanol–water partition coefficient (Wildman–Crippen LogP) is 1.44. The fraction of sp³-hybridized carbons (Fsp3) is 0.778. The van der Waals surface area contributed by atoms with E-state index in [9.17, 15) is 9.90 Å². The zero-order chi connectivity index (χ0) is 17.5. The Kier molecular flexibility index (Phi) is 4.71. The molecule has 1 aliphatic carbocycles. The van der Waals surface area contributed by atoms with E-state index >= 15 is 0 Å². The number of aliphatic hydroxyl groups is 1. The maximum absolute atomic E-state index is 13.1. The predicted molar refractivity (Wildman–Crippen MR) is 92.4 cm³/mol.